The molecule has 1 unspecified atom stereocenters. The minimum absolute atomic E-state index is 0.208. The van der Waals surface area contributed by atoms with E-state index in [0.29, 0.717) is 6.61 Å². The third-order valence-corrected chi connectivity index (χ3v) is 1.80. The first-order chi connectivity index (χ1) is 6.76. The van der Waals surface area contributed by atoms with Crippen LogP contribution in [0.5, 0.6) is 5.75 Å². The number of ether oxygens (including phenoxy) is 2. The van der Waals surface area contributed by atoms with Crippen molar-refractivity contribution in [1.29, 1.82) is 0 Å². The van der Waals surface area contributed by atoms with Crippen LogP contribution in [-0.2, 0) is 4.74 Å². The van der Waals surface area contributed by atoms with Gasteiger partial charge in [-0.2, -0.15) is 0 Å². The smallest absolute Gasteiger partial charge is 0.196 e. The summed E-state index contributed by atoms with van der Waals surface area (Å²) in [7, 11) is 0. The van der Waals surface area contributed by atoms with Crippen molar-refractivity contribution in [3.8, 4) is 5.75 Å². The summed E-state index contributed by atoms with van der Waals surface area (Å²) in [5.41, 5.74) is 1.05. The molecule has 2 nitrogen and oxygen atoms in total. The van der Waals surface area contributed by atoms with Crippen LogP contribution in [0.15, 0.2) is 30.8 Å². The molecule has 0 aliphatic carbocycles. The second-order valence-corrected chi connectivity index (χ2v) is 2.92. The molecule has 1 rings (SSSR count). The van der Waals surface area contributed by atoms with Crippen molar-refractivity contribution < 1.29 is 9.47 Å². The fourth-order valence-corrected chi connectivity index (χ4v) is 1.18. The van der Waals surface area contributed by atoms with E-state index in [4.69, 9.17) is 9.47 Å². The Morgan fingerprint density at radius 1 is 1.50 bits per heavy atom. The summed E-state index contributed by atoms with van der Waals surface area (Å²) >= 11 is 0. The Morgan fingerprint density at radius 2 is 2.29 bits per heavy atom. The predicted molar refractivity (Wildman–Crippen MR) is 58.2 cm³/mol. The van der Waals surface area contributed by atoms with Gasteiger partial charge in [-0.25, -0.2) is 0 Å². The summed E-state index contributed by atoms with van der Waals surface area (Å²) in [6.45, 7) is 8.18. The second-order valence-electron chi connectivity index (χ2n) is 2.92. The number of hydrogen-bond acceptors (Lipinski definition) is 2. The van der Waals surface area contributed by atoms with E-state index >= 15 is 0 Å². The third kappa shape index (κ3) is 3.23. The monoisotopic (exact) mass is 192 g/mol. The van der Waals surface area contributed by atoms with E-state index in [1.165, 1.54) is 0 Å². The first-order valence-corrected chi connectivity index (χ1v) is 4.77. The molecule has 0 N–H and O–H groups in total. The number of hydrogen-bond donors (Lipinski definition) is 0. The van der Waals surface area contributed by atoms with Gasteiger partial charge in [-0.3, -0.25) is 0 Å². The molecule has 1 aromatic rings. The molecule has 0 spiro atoms. The highest BCUT2D eigenvalue weighted by Crippen LogP contribution is 2.15. The van der Waals surface area contributed by atoms with Crippen molar-refractivity contribution in [2.45, 2.75) is 20.1 Å². The van der Waals surface area contributed by atoms with E-state index in [9.17, 15) is 0 Å². The van der Waals surface area contributed by atoms with Gasteiger partial charge in [0.05, 0.1) is 0 Å². The van der Waals surface area contributed by atoms with Gasteiger partial charge < -0.3 is 9.47 Å². The van der Waals surface area contributed by atoms with Crippen molar-refractivity contribution in [2.24, 2.45) is 0 Å². The second kappa shape index (κ2) is 5.45. The molecule has 0 aromatic heterocycles. The van der Waals surface area contributed by atoms with Crippen molar-refractivity contribution >= 4 is 6.08 Å². The Balaban J connectivity index is 2.61. The Bertz CT molecular complexity index is 294. The zero-order valence-corrected chi connectivity index (χ0v) is 8.69. The molecule has 0 bridgehead atoms. The standard InChI is InChI=1S/C12H16O2/c1-4-11-7-6-8-12(9-11)14-10(3)13-5-2/h4,6-10H,1,5H2,2-3H3. The van der Waals surface area contributed by atoms with E-state index in [2.05, 4.69) is 6.58 Å². The highest BCUT2D eigenvalue weighted by atomic mass is 16.7. The highest BCUT2D eigenvalue weighted by molar-refractivity contribution is 5.49. The fraction of sp³-hybridized carbons (Fsp3) is 0.333. The first kappa shape index (κ1) is 10.8. The van der Waals surface area contributed by atoms with Crippen LogP contribution in [0.2, 0.25) is 0 Å². The van der Waals surface area contributed by atoms with Crippen molar-refractivity contribution in [3.05, 3.63) is 36.4 Å². The molecular weight excluding hydrogens is 176 g/mol. The maximum absolute atomic E-state index is 5.53. The van der Waals surface area contributed by atoms with E-state index in [1.807, 2.05) is 38.1 Å². The van der Waals surface area contributed by atoms with Gasteiger partial charge in [0.25, 0.3) is 0 Å². The quantitative estimate of drug-likeness (QED) is 0.667. The molecule has 0 fully saturated rings. The third-order valence-electron chi connectivity index (χ3n) is 1.80. The normalized spacial score (nSPS) is 12.1. The lowest BCUT2D eigenvalue weighted by Gasteiger charge is -2.14. The zero-order chi connectivity index (χ0) is 10.4. The average Bonchev–Trinajstić information content (AvgIpc) is 2.18. The molecule has 0 aliphatic rings. The lowest BCUT2D eigenvalue weighted by molar-refractivity contribution is -0.0613. The molecule has 0 heterocycles. The van der Waals surface area contributed by atoms with E-state index < -0.39 is 0 Å². The number of benzene rings is 1. The Morgan fingerprint density at radius 3 is 2.93 bits per heavy atom. The lowest BCUT2D eigenvalue weighted by atomic mass is 10.2. The minimum Gasteiger partial charge on any atom is -0.465 e. The molecule has 14 heavy (non-hydrogen) atoms. The summed E-state index contributed by atoms with van der Waals surface area (Å²) < 4.78 is 10.8. The largest absolute Gasteiger partial charge is 0.465 e. The van der Waals surface area contributed by atoms with Crippen molar-refractivity contribution in [2.75, 3.05) is 6.61 Å². The SMILES string of the molecule is C=Cc1cccc(OC(C)OCC)c1. The molecule has 0 aliphatic heterocycles. The molecule has 0 saturated heterocycles. The van der Waals surface area contributed by atoms with Gasteiger partial charge in [0.1, 0.15) is 5.75 Å². The van der Waals surface area contributed by atoms with Crippen LogP contribution in [0, 0.1) is 0 Å². The van der Waals surface area contributed by atoms with Crippen molar-refractivity contribution in [1.82, 2.24) is 0 Å². The van der Waals surface area contributed by atoms with E-state index in [1.54, 1.807) is 6.08 Å². The predicted octanol–water partition coefficient (Wildman–Crippen LogP) is 3.09. The minimum atomic E-state index is -0.208. The molecule has 0 amide bonds. The van der Waals surface area contributed by atoms with Gasteiger partial charge in [0.2, 0.25) is 0 Å². The summed E-state index contributed by atoms with van der Waals surface area (Å²) in [4.78, 5) is 0. The van der Waals surface area contributed by atoms with Crippen LogP contribution >= 0.6 is 0 Å². The molecule has 1 atom stereocenters. The molecule has 2 heteroatoms. The first-order valence-electron chi connectivity index (χ1n) is 4.77. The Kier molecular flexibility index (Phi) is 4.20. The van der Waals surface area contributed by atoms with Crippen LogP contribution in [0.1, 0.15) is 19.4 Å². The van der Waals surface area contributed by atoms with Crippen LogP contribution in [0.3, 0.4) is 0 Å². The van der Waals surface area contributed by atoms with Gasteiger partial charge in [-0.1, -0.05) is 24.8 Å². The van der Waals surface area contributed by atoms with Gasteiger partial charge in [0.15, 0.2) is 6.29 Å². The van der Waals surface area contributed by atoms with Gasteiger partial charge >= 0.3 is 0 Å². The molecule has 0 radical (unpaired) electrons. The van der Waals surface area contributed by atoms with Crippen LogP contribution in [0.25, 0.3) is 6.08 Å². The van der Waals surface area contributed by atoms with Crippen molar-refractivity contribution in [3.63, 3.8) is 0 Å². The maximum atomic E-state index is 5.53. The van der Waals surface area contributed by atoms with Gasteiger partial charge in [-0.05, 0) is 31.5 Å². The molecule has 0 saturated carbocycles. The zero-order valence-electron chi connectivity index (χ0n) is 8.69. The van der Waals surface area contributed by atoms with Gasteiger partial charge in [-0.15, -0.1) is 0 Å². The van der Waals surface area contributed by atoms with Crippen LogP contribution in [-0.4, -0.2) is 12.9 Å². The van der Waals surface area contributed by atoms with Gasteiger partial charge in [0, 0.05) is 6.61 Å². The summed E-state index contributed by atoms with van der Waals surface area (Å²) in [5.74, 6) is 0.809. The molecule has 1 aromatic carbocycles. The Labute approximate surface area is 85.2 Å². The summed E-state index contributed by atoms with van der Waals surface area (Å²) in [5, 5.41) is 0. The number of rotatable bonds is 5. The molecule has 76 valence electrons. The average molecular weight is 192 g/mol. The van der Waals surface area contributed by atoms with E-state index in [-0.39, 0.29) is 6.29 Å². The van der Waals surface area contributed by atoms with Crippen LogP contribution < -0.4 is 4.74 Å². The Hall–Kier alpha value is -1.28. The maximum Gasteiger partial charge on any atom is 0.196 e. The topological polar surface area (TPSA) is 18.5 Å². The highest BCUT2D eigenvalue weighted by Gasteiger charge is 2.02. The van der Waals surface area contributed by atoms with E-state index in [0.717, 1.165) is 11.3 Å². The lowest BCUT2D eigenvalue weighted by Crippen LogP contribution is -2.15. The summed E-state index contributed by atoms with van der Waals surface area (Å²) in [6.07, 6.45) is 1.58. The fourth-order valence-electron chi connectivity index (χ4n) is 1.18. The molecular formula is C12H16O2. The summed E-state index contributed by atoms with van der Waals surface area (Å²) in [6, 6.07) is 7.75. The van der Waals surface area contributed by atoms with Crippen LogP contribution in [0.4, 0.5) is 0 Å².